The standard InChI is InChI=1S/C14H21BrN2O.2ClH/c1-3-13(17-6-4-16-5-7-17)12-9-11(15)8-10(2)14(12)18;;/h8-9,13,16,18H,3-7H2,1-2H3;2*1H/t13-;;/m0../s1. The lowest BCUT2D eigenvalue weighted by Crippen LogP contribution is -2.45. The van der Waals surface area contributed by atoms with E-state index in [2.05, 4.69) is 39.1 Å². The van der Waals surface area contributed by atoms with Crippen LogP contribution in [0, 0.1) is 6.92 Å². The van der Waals surface area contributed by atoms with E-state index in [1.165, 1.54) is 0 Å². The van der Waals surface area contributed by atoms with Gasteiger partial charge in [0.15, 0.2) is 0 Å². The van der Waals surface area contributed by atoms with Crippen LogP contribution in [-0.2, 0) is 0 Å². The van der Waals surface area contributed by atoms with Crippen molar-refractivity contribution in [3.05, 3.63) is 27.7 Å². The third-order valence-corrected chi connectivity index (χ3v) is 4.09. The highest BCUT2D eigenvalue weighted by Crippen LogP contribution is 2.35. The number of aryl methyl sites for hydroxylation is 1. The second-order valence-electron chi connectivity index (χ2n) is 4.87. The SMILES string of the molecule is CC[C@@H](c1cc(Br)cc(C)c1O)N1CCNCC1.Cl.Cl. The second-order valence-corrected chi connectivity index (χ2v) is 5.79. The van der Waals surface area contributed by atoms with Gasteiger partial charge in [-0.2, -0.15) is 0 Å². The summed E-state index contributed by atoms with van der Waals surface area (Å²) in [7, 11) is 0. The van der Waals surface area contributed by atoms with Crippen molar-refractivity contribution in [3.8, 4) is 5.75 Å². The van der Waals surface area contributed by atoms with Gasteiger partial charge in [0.25, 0.3) is 0 Å². The average molecular weight is 386 g/mol. The van der Waals surface area contributed by atoms with Crippen LogP contribution in [-0.4, -0.2) is 36.2 Å². The summed E-state index contributed by atoms with van der Waals surface area (Å²) in [5, 5.41) is 13.7. The summed E-state index contributed by atoms with van der Waals surface area (Å²) in [4.78, 5) is 2.46. The molecule has 1 heterocycles. The van der Waals surface area contributed by atoms with Crippen LogP contribution in [0.4, 0.5) is 0 Å². The number of hydrogen-bond donors (Lipinski definition) is 2. The van der Waals surface area contributed by atoms with E-state index in [1.54, 1.807) is 0 Å². The Kier molecular flexibility index (Phi) is 9.11. The lowest BCUT2D eigenvalue weighted by Gasteiger charge is -2.35. The van der Waals surface area contributed by atoms with Gasteiger partial charge in [-0.15, -0.1) is 24.8 Å². The third-order valence-electron chi connectivity index (χ3n) is 3.63. The zero-order valence-corrected chi connectivity index (χ0v) is 15.1. The molecule has 1 aromatic carbocycles. The first-order valence-corrected chi connectivity index (χ1v) is 7.36. The predicted molar refractivity (Wildman–Crippen MR) is 92.5 cm³/mol. The first kappa shape index (κ1) is 20.0. The van der Waals surface area contributed by atoms with Crippen LogP contribution in [0.5, 0.6) is 5.75 Å². The molecule has 6 heteroatoms. The molecule has 116 valence electrons. The van der Waals surface area contributed by atoms with Gasteiger partial charge in [-0.3, -0.25) is 4.90 Å². The molecule has 0 spiro atoms. The molecule has 3 nitrogen and oxygen atoms in total. The number of benzene rings is 1. The van der Waals surface area contributed by atoms with Gasteiger partial charge < -0.3 is 10.4 Å². The minimum Gasteiger partial charge on any atom is -0.507 e. The number of halogens is 3. The molecule has 1 atom stereocenters. The first-order chi connectivity index (χ1) is 8.63. The molecule has 2 N–H and O–H groups in total. The fourth-order valence-corrected chi connectivity index (χ4v) is 3.27. The van der Waals surface area contributed by atoms with E-state index in [0.717, 1.165) is 48.2 Å². The summed E-state index contributed by atoms with van der Waals surface area (Å²) < 4.78 is 1.04. The van der Waals surface area contributed by atoms with Crippen molar-refractivity contribution in [2.45, 2.75) is 26.3 Å². The van der Waals surface area contributed by atoms with Crippen LogP contribution in [0.2, 0.25) is 0 Å². The molecule has 0 aliphatic carbocycles. The van der Waals surface area contributed by atoms with E-state index in [9.17, 15) is 5.11 Å². The topological polar surface area (TPSA) is 35.5 Å². The minimum absolute atomic E-state index is 0. The number of aromatic hydroxyl groups is 1. The summed E-state index contributed by atoms with van der Waals surface area (Å²) in [6, 6.07) is 4.32. The van der Waals surface area contributed by atoms with Crippen molar-refractivity contribution in [2.75, 3.05) is 26.2 Å². The Balaban J connectivity index is 0.00000180. The first-order valence-electron chi connectivity index (χ1n) is 6.57. The summed E-state index contributed by atoms with van der Waals surface area (Å²) in [5.41, 5.74) is 1.99. The molecule has 1 fully saturated rings. The quantitative estimate of drug-likeness (QED) is 0.833. The lowest BCUT2D eigenvalue weighted by atomic mass is 9.98. The van der Waals surface area contributed by atoms with E-state index in [0.29, 0.717) is 11.8 Å². The molecule has 1 aromatic rings. The Labute approximate surface area is 142 Å². The highest BCUT2D eigenvalue weighted by Gasteiger charge is 2.23. The van der Waals surface area contributed by atoms with E-state index < -0.39 is 0 Å². The average Bonchev–Trinajstić information content (AvgIpc) is 2.37. The summed E-state index contributed by atoms with van der Waals surface area (Å²) in [6.45, 7) is 8.29. The largest absolute Gasteiger partial charge is 0.507 e. The molecular formula is C14H23BrCl2N2O. The fourth-order valence-electron chi connectivity index (χ4n) is 2.68. The van der Waals surface area contributed by atoms with Crippen molar-refractivity contribution >= 4 is 40.7 Å². The fraction of sp³-hybridized carbons (Fsp3) is 0.571. The third kappa shape index (κ3) is 4.50. The number of rotatable bonds is 3. The molecule has 0 bridgehead atoms. The van der Waals surface area contributed by atoms with Gasteiger partial charge in [-0.25, -0.2) is 0 Å². The molecule has 1 aliphatic heterocycles. The Hall–Kier alpha value is -0.000000000000000111. The van der Waals surface area contributed by atoms with Gasteiger partial charge >= 0.3 is 0 Å². The molecule has 0 aromatic heterocycles. The number of hydrogen-bond acceptors (Lipinski definition) is 3. The molecular weight excluding hydrogens is 363 g/mol. The number of nitrogens with zero attached hydrogens (tertiary/aromatic N) is 1. The maximum Gasteiger partial charge on any atom is 0.123 e. The van der Waals surface area contributed by atoms with Crippen LogP contribution in [0.3, 0.4) is 0 Å². The van der Waals surface area contributed by atoms with Crippen molar-refractivity contribution in [1.29, 1.82) is 0 Å². The van der Waals surface area contributed by atoms with Gasteiger partial charge in [0.1, 0.15) is 5.75 Å². The number of phenols is 1. The van der Waals surface area contributed by atoms with Crippen molar-refractivity contribution < 1.29 is 5.11 Å². The normalized spacial score (nSPS) is 16.9. The van der Waals surface area contributed by atoms with E-state index in [4.69, 9.17) is 0 Å². The van der Waals surface area contributed by atoms with Crippen molar-refractivity contribution in [3.63, 3.8) is 0 Å². The number of phenolic OH excluding ortho intramolecular Hbond substituents is 1. The van der Waals surface area contributed by atoms with Gasteiger partial charge in [-0.1, -0.05) is 22.9 Å². The Morgan fingerprint density at radius 3 is 2.45 bits per heavy atom. The van der Waals surface area contributed by atoms with Gasteiger partial charge in [-0.05, 0) is 31.0 Å². The predicted octanol–water partition coefficient (Wildman–Crippen LogP) is 3.66. The van der Waals surface area contributed by atoms with Crippen LogP contribution >= 0.6 is 40.7 Å². The molecule has 1 aliphatic rings. The Morgan fingerprint density at radius 1 is 1.30 bits per heavy atom. The number of piperazine rings is 1. The van der Waals surface area contributed by atoms with E-state index >= 15 is 0 Å². The molecule has 0 radical (unpaired) electrons. The maximum absolute atomic E-state index is 10.3. The van der Waals surface area contributed by atoms with E-state index in [1.807, 2.05) is 13.0 Å². The Morgan fingerprint density at radius 2 is 1.90 bits per heavy atom. The molecule has 1 saturated heterocycles. The molecule has 0 saturated carbocycles. The summed E-state index contributed by atoms with van der Waals surface area (Å²) in [6.07, 6.45) is 1.02. The zero-order valence-electron chi connectivity index (χ0n) is 11.9. The van der Waals surface area contributed by atoms with Crippen LogP contribution in [0.15, 0.2) is 16.6 Å². The highest BCUT2D eigenvalue weighted by molar-refractivity contribution is 9.10. The minimum atomic E-state index is 0. The van der Waals surface area contributed by atoms with E-state index in [-0.39, 0.29) is 24.8 Å². The van der Waals surface area contributed by atoms with Gasteiger partial charge in [0.2, 0.25) is 0 Å². The van der Waals surface area contributed by atoms with Gasteiger partial charge in [0, 0.05) is 42.3 Å². The highest BCUT2D eigenvalue weighted by atomic mass is 79.9. The lowest BCUT2D eigenvalue weighted by molar-refractivity contribution is 0.166. The zero-order chi connectivity index (χ0) is 13.1. The molecule has 0 unspecified atom stereocenters. The molecule has 0 amide bonds. The number of nitrogens with one attached hydrogen (secondary N) is 1. The smallest absolute Gasteiger partial charge is 0.123 e. The monoisotopic (exact) mass is 384 g/mol. The van der Waals surface area contributed by atoms with Gasteiger partial charge in [0.05, 0.1) is 0 Å². The van der Waals surface area contributed by atoms with Crippen LogP contribution in [0.1, 0.15) is 30.5 Å². The van der Waals surface area contributed by atoms with Crippen LogP contribution in [0.25, 0.3) is 0 Å². The molecule has 20 heavy (non-hydrogen) atoms. The van der Waals surface area contributed by atoms with Crippen molar-refractivity contribution in [2.24, 2.45) is 0 Å². The summed E-state index contributed by atoms with van der Waals surface area (Å²) >= 11 is 3.53. The Bertz CT molecular complexity index is 426. The molecule has 2 rings (SSSR count). The maximum atomic E-state index is 10.3. The van der Waals surface area contributed by atoms with Crippen LogP contribution < -0.4 is 5.32 Å². The van der Waals surface area contributed by atoms with Crippen molar-refractivity contribution in [1.82, 2.24) is 10.2 Å². The second kappa shape index (κ2) is 9.11. The summed E-state index contributed by atoms with van der Waals surface area (Å²) in [5.74, 6) is 0.448.